The molecular formula is C15H15N3O. The predicted octanol–water partition coefficient (Wildman–Crippen LogP) is 2.83. The minimum atomic E-state index is 0.00921. The van der Waals surface area contributed by atoms with Crippen LogP contribution in [0.1, 0.15) is 12.6 Å². The van der Waals surface area contributed by atoms with Gasteiger partial charge in [-0.2, -0.15) is 5.26 Å². The predicted molar refractivity (Wildman–Crippen MR) is 74.0 cm³/mol. The molecule has 2 aromatic rings. The number of ether oxygens (including phenoxy) is 1. The van der Waals surface area contributed by atoms with Crippen LogP contribution in [0.25, 0.3) is 0 Å². The average molecular weight is 253 g/mol. The molecule has 4 heteroatoms. The Bertz CT molecular complexity index is 563. The molecule has 1 aromatic heterocycles. The number of anilines is 1. The number of nitrogens with zero attached hydrogens (tertiary/aromatic N) is 2. The maximum atomic E-state index is 8.77. The number of nitrogens with one attached hydrogen (secondary N) is 1. The summed E-state index contributed by atoms with van der Waals surface area (Å²) in [5.41, 5.74) is 0.404. The number of hydrogen-bond acceptors (Lipinski definition) is 4. The van der Waals surface area contributed by atoms with Crippen LogP contribution in [0.3, 0.4) is 0 Å². The molecule has 0 aliphatic heterocycles. The van der Waals surface area contributed by atoms with Crippen LogP contribution in [0.5, 0.6) is 5.75 Å². The molecule has 0 fully saturated rings. The van der Waals surface area contributed by atoms with E-state index in [0.717, 1.165) is 5.75 Å². The largest absolute Gasteiger partial charge is 0.489 e. The number of para-hydroxylation sites is 1. The zero-order valence-electron chi connectivity index (χ0n) is 10.7. The monoisotopic (exact) mass is 253 g/mol. The van der Waals surface area contributed by atoms with Gasteiger partial charge in [-0.05, 0) is 31.2 Å². The molecule has 0 bridgehead atoms. The third-order valence-electron chi connectivity index (χ3n) is 2.51. The first-order valence-corrected chi connectivity index (χ1v) is 6.10. The van der Waals surface area contributed by atoms with Crippen LogP contribution in [0.15, 0.2) is 48.5 Å². The molecule has 0 saturated heterocycles. The highest BCUT2D eigenvalue weighted by molar-refractivity contribution is 5.38. The summed E-state index contributed by atoms with van der Waals surface area (Å²) in [6.45, 7) is 2.60. The van der Waals surface area contributed by atoms with E-state index in [1.165, 1.54) is 0 Å². The second-order valence-corrected chi connectivity index (χ2v) is 4.14. The minimum absolute atomic E-state index is 0.00921. The minimum Gasteiger partial charge on any atom is -0.489 e. The Morgan fingerprint density at radius 1 is 1.21 bits per heavy atom. The van der Waals surface area contributed by atoms with E-state index in [4.69, 9.17) is 10.00 Å². The molecule has 1 heterocycles. The van der Waals surface area contributed by atoms with Crippen LogP contribution in [0.4, 0.5) is 5.82 Å². The highest BCUT2D eigenvalue weighted by Gasteiger charge is 2.04. The van der Waals surface area contributed by atoms with Gasteiger partial charge in [-0.15, -0.1) is 0 Å². The second kappa shape index (κ2) is 6.41. The third-order valence-corrected chi connectivity index (χ3v) is 2.51. The molecule has 1 N–H and O–H groups in total. The maximum Gasteiger partial charge on any atom is 0.142 e. The molecule has 19 heavy (non-hydrogen) atoms. The van der Waals surface area contributed by atoms with Gasteiger partial charge in [0.15, 0.2) is 0 Å². The highest BCUT2D eigenvalue weighted by Crippen LogP contribution is 2.11. The van der Waals surface area contributed by atoms with Crippen LogP contribution in [0.2, 0.25) is 0 Å². The first kappa shape index (κ1) is 12.9. The average Bonchev–Trinajstić information content (AvgIpc) is 2.46. The molecule has 2 rings (SSSR count). The highest BCUT2D eigenvalue weighted by atomic mass is 16.5. The summed E-state index contributed by atoms with van der Waals surface area (Å²) in [7, 11) is 0. The summed E-state index contributed by atoms with van der Waals surface area (Å²) in [6.07, 6.45) is 0.00921. The topological polar surface area (TPSA) is 57.9 Å². The summed E-state index contributed by atoms with van der Waals surface area (Å²) in [5, 5.41) is 11.9. The molecule has 0 amide bonds. The number of benzene rings is 1. The van der Waals surface area contributed by atoms with Crippen molar-refractivity contribution in [1.82, 2.24) is 4.98 Å². The fraction of sp³-hybridized carbons (Fsp3) is 0.200. The molecule has 1 unspecified atom stereocenters. The van der Waals surface area contributed by atoms with Crippen molar-refractivity contribution in [2.45, 2.75) is 13.0 Å². The van der Waals surface area contributed by atoms with Crippen molar-refractivity contribution in [3.63, 3.8) is 0 Å². The Morgan fingerprint density at radius 3 is 2.74 bits per heavy atom. The molecule has 0 aliphatic rings. The lowest BCUT2D eigenvalue weighted by molar-refractivity contribution is 0.234. The van der Waals surface area contributed by atoms with Crippen molar-refractivity contribution < 1.29 is 4.74 Å². The van der Waals surface area contributed by atoms with E-state index in [1.807, 2.05) is 49.4 Å². The van der Waals surface area contributed by atoms with Gasteiger partial charge >= 0.3 is 0 Å². The molecule has 1 atom stereocenters. The van der Waals surface area contributed by atoms with Gasteiger partial charge in [0.25, 0.3) is 0 Å². The summed E-state index contributed by atoms with van der Waals surface area (Å²) >= 11 is 0. The number of nitriles is 1. The lowest BCUT2D eigenvalue weighted by Gasteiger charge is -2.15. The molecule has 0 radical (unpaired) electrons. The van der Waals surface area contributed by atoms with Crippen LogP contribution < -0.4 is 10.1 Å². The SMILES string of the molecule is CC(CNc1cccc(C#N)n1)Oc1ccccc1. The van der Waals surface area contributed by atoms with Gasteiger partial charge < -0.3 is 10.1 Å². The van der Waals surface area contributed by atoms with Gasteiger partial charge in [0.2, 0.25) is 0 Å². The van der Waals surface area contributed by atoms with Gasteiger partial charge in [0.05, 0.1) is 6.54 Å². The third kappa shape index (κ3) is 4.00. The van der Waals surface area contributed by atoms with Crippen LogP contribution >= 0.6 is 0 Å². The standard InChI is InChI=1S/C15H15N3O/c1-12(19-14-7-3-2-4-8-14)11-17-15-9-5-6-13(10-16)18-15/h2-9,12H,11H2,1H3,(H,17,18). The van der Waals surface area contributed by atoms with Crippen molar-refractivity contribution in [2.24, 2.45) is 0 Å². The zero-order chi connectivity index (χ0) is 13.5. The Labute approximate surface area is 112 Å². The number of aromatic nitrogens is 1. The number of pyridine rings is 1. The Morgan fingerprint density at radius 2 is 2.00 bits per heavy atom. The van der Waals surface area contributed by atoms with E-state index in [0.29, 0.717) is 18.1 Å². The van der Waals surface area contributed by atoms with Crippen molar-refractivity contribution in [3.8, 4) is 11.8 Å². The Hall–Kier alpha value is -2.54. The van der Waals surface area contributed by atoms with Gasteiger partial charge in [0, 0.05) is 0 Å². The van der Waals surface area contributed by atoms with Gasteiger partial charge in [-0.25, -0.2) is 4.98 Å². The fourth-order valence-electron chi connectivity index (χ4n) is 1.62. The van der Waals surface area contributed by atoms with Crippen LogP contribution in [0, 0.1) is 11.3 Å². The fourth-order valence-corrected chi connectivity index (χ4v) is 1.62. The van der Waals surface area contributed by atoms with E-state index in [-0.39, 0.29) is 6.10 Å². The lowest BCUT2D eigenvalue weighted by Crippen LogP contribution is -2.23. The normalized spacial score (nSPS) is 11.4. The van der Waals surface area contributed by atoms with E-state index >= 15 is 0 Å². The quantitative estimate of drug-likeness (QED) is 0.890. The summed E-state index contributed by atoms with van der Waals surface area (Å²) < 4.78 is 5.74. The molecule has 96 valence electrons. The van der Waals surface area contributed by atoms with Gasteiger partial charge in [-0.3, -0.25) is 0 Å². The molecule has 0 spiro atoms. The van der Waals surface area contributed by atoms with E-state index in [1.54, 1.807) is 12.1 Å². The molecule has 1 aromatic carbocycles. The molecule has 0 saturated carbocycles. The van der Waals surface area contributed by atoms with Crippen LogP contribution in [-0.2, 0) is 0 Å². The number of rotatable bonds is 5. The van der Waals surface area contributed by atoms with E-state index in [2.05, 4.69) is 10.3 Å². The summed E-state index contributed by atoms with van der Waals surface area (Å²) in [5.74, 6) is 1.53. The van der Waals surface area contributed by atoms with Crippen molar-refractivity contribution in [1.29, 1.82) is 5.26 Å². The summed E-state index contributed by atoms with van der Waals surface area (Å²) in [6, 6.07) is 17.0. The molecule has 0 aliphatic carbocycles. The second-order valence-electron chi connectivity index (χ2n) is 4.14. The Balaban J connectivity index is 1.86. The smallest absolute Gasteiger partial charge is 0.142 e. The first-order chi connectivity index (χ1) is 9.28. The number of hydrogen-bond donors (Lipinski definition) is 1. The van der Waals surface area contributed by atoms with E-state index < -0.39 is 0 Å². The van der Waals surface area contributed by atoms with Gasteiger partial charge in [0.1, 0.15) is 29.4 Å². The maximum absolute atomic E-state index is 8.77. The van der Waals surface area contributed by atoms with Crippen molar-refractivity contribution in [2.75, 3.05) is 11.9 Å². The molecular weight excluding hydrogens is 238 g/mol. The summed E-state index contributed by atoms with van der Waals surface area (Å²) in [4.78, 5) is 4.14. The van der Waals surface area contributed by atoms with E-state index in [9.17, 15) is 0 Å². The van der Waals surface area contributed by atoms with Crippen molar-refractivity contribution in [3.05, 3.63) is 54.2 Å². The first-order valence-electron chi connectivity index (χ1n) is 6.10. The van der Waals surface area contributed by atoms with Crippen molar-refractivity contribution >= 4 is 5.82 Å². The molecule has 4 nitrogen and oxygen atoms in total. The van der Waals surface area contributed by atoms with Crippen LogP contribution in [-0.4, -0.2) is 17.6 Å². The van der Waals surface area contributed by atoms with Gasteiger partial charge in [-0.1, -0.05) is 24.3 Å². The Kier molecular flexibility index (Phi) is 4.35. The lowest BCUT2D eigenvalue weighted by atomic mass is 10.3. The zero-order valence-corrected chi connectivity index (χ0v) is 10.7.